The summed E-state index contributed by atoms with van der Waals surface area (Å²) in [6.45, 7) is 1.92. The Morgan fingerprint density at radius 3 is 2.48 bits per heavy atom. The van der Waals surface area contributed by atoms with Crippen LogP contribution in [0.1, 0.15) is 5.56 Å². The van der Waals surface area contributed by atoms with Gasteiger partial charge in [-0.1, -0.05) is 60.7 Å². The van der Waals surface area contributed by atoms with Crippen molar-refractivity contribution in [3.63, 3.8) is 0 Å². The summed E-state index contributed by atoms with van der Waals surface area (Å²) in [6.07, 6.45) is 4.14. The average molecular weight is 281 g/mol. The number of para-hydroxylation sites is 1. The third kappa shape index (κ3) is 3.94. The molecule has 1 aliphatic rings. The molecule has 0 radical (unpaired) electrons. The van der Waals surface area contributed by atoms with E-state index in [-0.39, 0.29) is 6.10 Å². The first-order chi connectivity index (χ1) is 10.4. The van der Waals surface area contributed by atoms with E-state index in [9.17, 15) is 0 Å². The number of rotatable bonds is 5. The topological polar surface area (TPSA) is 21.7 Å². The van der Waals surface area contributed by atoms with Gasteiger partial charge in [0.25, 0.3) is 0 Å². The zero-order chi connectivity index (χ0) is 14.3. The monoisotopic (exact) mass is 281 g/mol. The quantitative estimate of drug-likeness (QED) is 0.782. The van der Waals surface area contributed by atoms with Crippen molar-refractivity contribution >= 4 is 5.69 Å². The first kappa shape index (κ1) is 13.9. The molecule has 0 amide bonds. The SMILES string of the molecule is C1=C[C@@H](COCc2ccccc2)ON(c2ccccc2)C1. The molecule has 3 heteroatoms. The van der Waals surface area contributed by atoms with Gasteiger partial charge in [0.05, 0.1) is 25.4 Å². The molecule has 1 heterocycles. The molecule has 0 N–H and O–H groups in total. The molecule has 0 unspecified atom stereocenters. The lowest BCUT2D eigenvalue weighted by Gasteiger charge is -2.30. The van der Waals surface area contributed by atoms with Crippen molar-refractivity contribution in [2.45, 2.75) is 12.7 Å². The summed E-state index contributed by atoms with van der Waals surface area (Å²) in [5.74, 6) is 0. The van der Waals surface area contributed by atoms with Crippen molar-refractivity contribution in [1.82, 2.24) is 0 Å². The van der Waals surface area contributed by atoms with E-state index in [1.165, 1.54) is 5.56 Å². The van der Waals surface area contributed by atoms with Gasteiger partial charge in [0.1, 0.15) is 6.10 Å². The van der Waals surface area contributed by atoms with Crippen molar-refractivity contribution in [2.75, 3.05) is 18.2 Å². The molecule has 108 valence electrons. The summed E-state index contributed by atoms with van der Waals surface area (Å²) in [5, 5.41) is 1.90. The van der Waals surface area contributed by atoms with Gasteiger partial charge >= 0.3 is 0 Å². The number of nitrogens with zero attached hydrogens (tertiary/aromatic N) is 1. The zero-order valence-corrected chi connectivity index (χ0v) is 11.9. The standard InChI is InChI=1S/C18H19NO2/c1-3-8-16(9-4-1)14-20-15-18-12-7-13-19(21-18)17-10-5-2-6-11-17/h1-12,18H,13-15H2/t18-/m0/s1. The lowest BCUT2D eigenvalue weighted by molar-refractivity contribution is -0.0121. The molecule has 1 atom stereocenters. The Balaban J connectivity index is 1.50. The fourth-order valence-corrected chi connectivity index (χ4v) is 2.26. The molecule has 0 aliphatic carbocycles. The lowest BCUT2D eigenvalue weighted by Crippen LogP contribution is -2.35. The highest BCUT2D eigenvalue weighted by molar-refractivity contribution is 5.44. The molecule has 2 aromatic rings. The number of anilines is 1. The van der Waals surface area contributed by atoms with Crippen molar-refractivity contribution < 1.29 is 9.57 Å². The highest BCUT2D eigenvalue weighted by atomic mass is 16.7. The van der Waals surface area contributed by atoms with E-state index in [2.05, 4.69) is 24.3 Å². The minimum Gasteiger partial charge on any atom is -0.374 e. The summed E-state index contributed by atoms with van der Waals surface area (Å²) in [6, 6.07) is 20.3. The van der Waals surface area contributed by atoms with E-state index in [1.54, 1.807) is 0 Å². The highest BCUT2D eigenvalue weighted by Gasteiger charge is 2.16. The maximum Gasteiger partial charge on any atom is 0.127 e. The summed E-state index contributed by atoms with van der Waals surface area (Å²) >= 11 is 0. The Morgan fingerprint density at radius 2 is 1.71 bits per heavy atom. The van der Waals surface area contributed by atoms with Crippen LogP contribution >= 0.6 is 0 Å². The first-order valence-electron chi connectivity index (χ1n) is 7.19. The lowest BCUT2D eigenvalue weighted by atomic mass is 10.2. The predicted octanol–water partition coefficient (Wildman–Crippen LogP) is 3.58. The minimum atomic E-state index is -0.0392. The third-order valence-electron chi connectivity index (χ3n) is 3.32. The number of hydrogen-bond acceptors (Lipinski definition) is 3. The van der Waals surface area contributed by atoms with Crippen LogP contribution in [0.3, 0.4) is 0 Å². The van der Waals surface area contributed by atoms with Crippen molar-refractivity contribution in [2.24, 2.45) is 0 Å². The van der Waals surface area contributed by atoms with Gasteiger partial charge in [-0.2, -0.15) is 0 Å². The van der Waals surface area contributed by atoms with Crippen LogP contribution < -0.4 is 5.06 Å². The van der Waals surface area contributed by atoms with Crippen LogP contribution in [0.5, 0.6) is 0 Å². The van der Waals surface area contributed by atoms with Crippen LogP contribution in [0.25, 0.3) is 0 Å². The van der Waals surface area contributed by atoms with Gasteiger partial charge in [0.2, 0.25) is 0 Å². The third-order valence-corrected chi connectivity index (χ3v) is 3.32. The van der Waals surface area contributed by atoms with Crippen LogP contribution in [-0.2, 0) is 16.2 Å². The van der Waals surface area contributed by atoms with Gasteiger partial charge in [0, 0.05) is 0 Å². The van der Waals surface area contributed by atoms with E-state index in [0.29, 0.717) is 13.2 Å². The molecule has 21 heavy (non-hydrogen) atoms. The fraction of sp³-hybridized carbons (Fsp3) is 0.222. The maximum absolute atomic E-state index is 5.93. The molecule has 3 nitrogen and oxygen atoms in total. The maximum atomic E-state index is 5.93. The minimum absolute atomic E-state index is 0.0392. The molecular formula is C18H19NO2. The van der Waals surface area contributed by atoms with E-state index < -0.39 is 0 Å². The van der Waals surface area contributed by atoms with Crippen LogP contribution in [-0.4, -0.2) is 19.3 Å². The molecule has 0 saturated carbocycles. The molecule has 0 spiro atoms. The number of hydrogen-bond donors (Lipinski definition) is 0. The molecule has 1 aliphatic heterocycles. The van der Waals surface area contributed by atoms with Crippen LogP contribution in [0.2, 0.25) is 0 Å². The highest BCUT2D eigenvalue weighted by Crippen LogP contribution is 2.18. The number of benzene rings is 2. The second-order valence-corrected chi connectivity index (χ2v) is 4.97. The normalized spacial score (nSPS) is 17.9. The Labute approximate surface area is 125 Å². The summed E-state index contributed by atoms with van der Waals surface area (Å²) in [5.41, 5.74) is 2.24. The Morgan fingerprint density at radius 1 is 1.00 bits per heavy atom. The Bertz CT molecular complexity index is 568. The van der Waals surface area contributed by atoms with Crippen molar-refractivity contribution in [3.05, 3.63) is 78.4 Å². The Hall–Kier alpha value is -2.10. The summed E-state index contributed by atoms with van der Waals surface area (Å²) in [4.78, 5) is 5.93. The van der Waals surface area contributed by atoms with Crippen LogP contribution in [0.4, 0.5) is 5.69 Å². The average Bonchev–Trinajstić information content (AvgIpc) is 2.57. The molecule has 3 rings (SSSR count). The van der Waals surface area contributed by atoms with E-state index in [0.717, 1.165) is 12.2 Å². The smallest absolute Gasteiger partial charge is 0.127 e. The second kappa shape index (κ2) is 7.07. The van der Waals surface area contributed by atoms with Crippen LogP contribution in [0, 0.1) is 0 Å². The first-order valence-corrected chi connectivity index (χ1v) is 7.19. The molecule has 0 aromatic heterocycles. The van der Waals surface area contributed by atoms with Gasteiger partial charge in [-0.25, -0.2) is 5.06 Å². The van der Waals surface area contributed by atoms with Gasteiger partial charge in [-0.15, -0.1) is 0 Å². The van der Waals surface area contributed by atoms with E-state index in [1.807, 2.05) is 53.6 Å². The largest absolute Gasteiger partial charge is 0.374 e. The van der Waals surface area contributed by atoms with Gasteiger partial charge in [-0.3, -0.25) is 4.84 Å². The van der Waals surface area contributed by atoms with Gasteiger partial charge < -0.3 is 4.74 Å². The second-order valence-electron chi connectivity index (χ2n) is 4.97. The fourth-order valence-electron chi connectivity index (χ4n) is 2.26. The van der Waals surface area contributed by atoms with Gasteiger partial charge in [-0.05, 0) is 17.7 Å². The van der Waals surface area contributed by atoms with E-state index in [4.69, 9.17) is 9.57 Å². The molecule has 0 bridgehead atoms. The molecule has 0 fully saturated rings. The van der Waals surface area contributed by atoms with E-state index >= 15 is 0 Å². The van der Waals surface area contributed by atoms with Crippen molar-refractivity contribution in [3.8, 4) is 0 Å². The van der Waals surface area contributed by atoms with Crippen molar-refractivity contribution in [1.29, 1.82) is 0 Å². The molecule has 0 saturated heterocycles. The number of hydroxylamine groups is 1. The van der Waals surface area contributed by atoms with Gasteiger partial charge in [0.15, 0.2) is 0 Å². The molecular weight excluding hydrogens is 262 g/mol. The summed E-state index contributed by atoms with van der Waals surface area (Å²) < 4.78 is 5.74. The molecule has 2 aromatic carbocycles. The summed E-state index contributed by atoms with van der Waals surface area (Å²) in [7, 11) is 0. The predicted molar refractivity (Wildman–Crippen MR) is 83.9 cm³/mol. The van der Waals surface area contributed by atoms with Crippen LogP contribution in [0.15, 0.2) is 72.8 Å². The number of ether oxygens (including phenoxy) is 1. The zero-order valence-electron chi connectivity index (χ0n) is 11.9. The Kier molecular flexibility index (Phi) is 4.66.